The normalized spacial score (nSPS) is 21.7. The predicted octanol–water partition coefficient (Wildman–Crippen LogP) is 2.73. The molecule has 3 heterocycles. The quantitative estimate of drug-likeness (QED) is 0.863. The van der Waals surface area contributed by atoms with Crippen molar-refractivity contribution in [3.05, 3.63) is 44.9 Å². The molecule has 1 saturated heterocycles. The van der Waals surface area contributed by atoms with E-state index in [1.165, 1.54) is 11.3 Å². The van der Waals surface area contributed by atoms with Gasteiger partial charge < -0.3 is 15.0 Å². The zero-order valence-electron chi connectivity index (χ0n) is 15.8. The lowest BCUT2D eigenvalue weighted by atomic mass is 9.91. The van der Waals surface area contributed by atoms with E-state index < -0.39 is 0 Å². The van der Waals surface area contributed by atoms with E-state index in [0.29, 0.717) is 29.3 Å². The van der Waals surface area contributed by atoms with Crippen molar-refractivity contribution in [1.29, 1.82) is 0 Å². The summed E-state index contributed by atoms with van der Waals surface area (Å²) < 4.78 is 5.26. The van der Waals surface area contributed by atoms with Crippen molar-refractivity contribution in [3.8, 4) is 5.75 Å². The van der Waals surface area contributed by atoms with Gasteiger partial charge in [0.15, 0.2) is 0 Å². The summed E-state index contributed by atoms with van der Waals surface area (Å²) in [5.41, 5.74) is 2.12. The van der Waals surface area contributed by atoms with Crippen LogP contribution in [0.2, 0.25) is 0 Å². The number of carbonyl (C=O) groups excluding carboxylic acids is 2. The van der Waals surface area contributed by atoms with Crippen molar-refractivity contribution in [3.63, 3.8) is 0 Å². The molecule has 0 aliphatic carbocycles. The summed E-state index contributed by atoms with van der Waals surface area (Å²) in [6, 6.07) is 5.66. The molecule has 2 amide bonds. The molecule has 6 nitrogen and oxygen atoms in total. The van der Waals surface area contributed by atoms with Crippen LogP contribution in [0.5, 0.6) is 5.75 Å². The fourth-order valence-electron chi connectivity index (χ4n) is 4.08. The third-order valence-electron chi connectivity index (χ3n) is 5.55. The predicted molar refractivity (Wildman–Crippen MR) is 104 cm³/mol. The van der Waals surface area contributed by atoms with Gasteiger partial charge in [0.05, 0.1) is 23.4 Å². The van der Waals surface area contributed by atoms with Gasteiger partial charge in [0.25, 0.3) is 11.8 Å². The molecule has 2 aromatic rings. The summed E-state index contributed by atoms with van der Waals surface area (Å²) in [5.74, 6) is 0.618. The zero-order valence-corrected chi connectivity index (χ0v) is 16.6. The number of likely N-dealkylation sites (tertiary alicyclic amines) is 1. The molecule has 1 aromatic heterocycles. The average Bonchev–Trinajstić information content (AvgIpc) is 3.18. The highest BCUT2D eigenvalue weighted by Crippen LogP contribution is 2.33. The maximum absolute atomic E-state index is 12.9. The molecule has 27 heavy (non-hydrogen) atoms. The Kier molecular flexibility index (Phi) is 4.42. The second kappa shape index (κ2) is 6.64. The van der Waals surface area contributed by atoms with Crippen LogP contribution in [0.4, 0.5) is 0 Å². The largest absolute Gasteiger partial charge is 0.497 e. The summed E-state index contributed by atoms with van der Waals surface area (Å²) in [6.07, 6.45) is 2.40. The van der Waals surface area contributed by atoms with Gasteiger partial charge in [-0.15, -0.1) is 11.3 Å². The van der Waals surface area contributed by atoms with E-state index in [2.05, 4.69) is 10.3 Å². The van der Waals surface area contributed by atoms with Crippen molar-refractivity contribution >= 4 is 23.2 Å². The van der Waals surface area contributed by atoms with Gasteiger partial charge in [0.1, 0.15) is 10.6 Å². The minimum absolute atomic E-state index is 0.0210. The number of ether oxygens (including phenoxy) is 1. The van der Waals surface area contributed by atoms with Crippen molar-refractivity contribution in [2.45, 2.75) is 38.6 Å². The van der Waals surface area contributed by atoms with Crippen LogP contribution in [0, 0.1) is 13.8 Å². The van der Waals surface area contributed by atoms with Crippen molar-refractivity contribution in [1.82, 2.24) is 15.2 Å². The van der Waals surface area contributed by atoms with Crippen LogP contribution in [0.25, 0.3) is 0 Å². The second-order valence-electron chi connectivity index (χ2n) is 7.38. The Hall–Kier alpha value is -2.41. The lowest BCUT2D eigenvalue weighted by molar-refractivity contribution is 0.0768. The SMILES string of the molecule is COc1ccc2c(c1)C(=O)N[C@]1(CC2)CCN(C(=O)c2sc(C)nc2C)C1. The van der Waals surface area contributed by atoms with Gasteiger partial charge in [-0.3, -0.25) is 9.59 Å². The number of amides is 2. The molecule has 4 rings (SSSR count). The summed E-state index contributed by atoms with van der Waals surface area (Å²) in [5, 5.41) is 4.12. The van der Waals surface area contributed by atoms with Crippen LogP contribution in [-0.2, 0) is 6.42 Å². The maximum atomic E-state index is 12.9. The van der Waals surface area contributed by atoms with Gasteiger partial charge >= 0.3 is 0 Å². The summed E-state index contributed by atoms with van der Waals surface area (Å²) in [7, 11) is 1.60. The lowest BCUT2D eigenvalue weighted by Crippen LogP contribution is -2.50. The van der Waals surface area contributed by atoms with E-state index in [4.69, 9.17) is 4.74 Å². The number of benzene rings is 1. The highest BCUT2D eigenvalue weighted by Gasteiger charge is 2.43. The van der Waals surface area contributed by atoms with Gasteiger partial charge in [0.2, 0.25) is 0 Å². The van der Waals surface area contributed by atoms with Crippen LogP contribution < -0.4 is 10.1 Å². The highest BCUT2D eigenvalue weighted by molar-refractivity contribution is 7.13. The number of fused-ring (bicyclic) bond motifs is 1. The first-order chi connectivity index (χ1) is 12.9. The Balaban J connectivity index is 1.55. The molecule has 0 saturated carbocycles. The number of aryl methyl sites for hydroxylation is 3. The Morgan fingerprint density at radius 2 is 2.15 bits per heavy atom. The van der Waals surface area contributed by atoms with Gasteiger partial charge in [-0.05, 0) is 50.8 Å². The van der Waals surface area contributed by atoms with E-state index >= 15 is 0 Å². The van der Waals surface area contributed by atoms with E-state index in [-0.39, 0.29) is 17.4 Å². The second-order valence-corrected chi connectivity index (χ2v) is 8.58. The first-order valence-electron chi connectivity index (χ1n) is 9.13. The Bertz CT molecular complexity index is 923. The fourth-order valence-corrected chi connectivity index (χ4v) is 4.97. The zero-order chi connectivity index (χ0) is 19.2. The van der Waals surface area contributed by atoms with Crippen molar-refractivity contribution in [2.24, 2.45) is 0 Å². The molecular weight excluding hydrogens is 362 g/mol. The molecule has 2 aliphatic rings. The minimum Gasteiger partial charge on any atom is -0.497 e. The Morgan fingerprint density at radius 3 is 2.85 bits per heavy atom. The van der Waals surface area contributed by atoms with E-state index in [9.17, 15) is 9.59 Å². The van der Waals surface area contributed by atoms with Crippen molar-refractivity contribution in [2.75, 3.05) is 20.2 Å². The van der Waals surface area contributed by atoms with E-state index in [1.807, 2.05) is 30.9 Å². The number of carbonyl (C=O) groups is 2. The highest BCUT2D eigenvalue weighted by atomic mass is 32.1. The molecule has 7 heteroatoms. The van der Waals surface area contributed by atoms with Crippen LogP contribution >= 0.6 is 11.3 Å². The molecule has 1 aromatic carbocycles. The standard InChI is InChI=1S/C20H23N3O3S/c1-12-17(27-13(2)21-12)19(25)23-9-8-20(11-23)7-6-14-4-5-15(26-3)10-16(14)18(24)22-20/h4-5,10H,6-9,11H2,1-3H3,(H,22,24)/t20-/m1/s1. The molecule has 1 atom stereocenters. The lowest BCUT2D eigenvalue weighted by Gasteiger charge is -2.28. The van der Waals surface area contributed by atoms with E-state index in [1.54, 1.807) is 13.2 Å². The first-order valence-corrected chi connectivity index (χ1v) is 9.95. The van der Waals surface area contributed by atoms with Crippen LogP contribution in [0.15, 0.2) is 18.2 Å². The van der Waals surface area contributed by atoms with Crippen LogP contribution in [0.1, 0.15) is 49.1 Å². The fraction of sp³-hybridized carbons (Fsp3) is 0.450. The van der Waals surface area contributed by atoms with Crippen LogP contribution in [0.3, 0.4) is 0 Å². The third kappa shape index (κ3) is 3.20. The summed E-state index contributed by atoms with van der Waals surface area (Å²) in [6.45, 7) is 4.98. The molecule has 1 N–H and O–H groups in total. The number of rotatable bonds is 2. The molecule has 142 valence electrons. The minimum atomic E-state index is -0.368. The molecule has 0 radical (unpaired) electrons. The Morgan fingerprint density at radius 1 is 1.33 bits per heavy atom. The first kappa shape index (κ1) is 18.0. The maximum Gasteiger partial charge on any atom is 0.265 e. The number of hydrogen-bond donors (Lipinski definition) is 1. The molecule has 1 fully saturated rings. The molecule has 1 spiro atoms. The topological polar surface area (TPSA) is 71.5 Å². The van der Waals surface area contributed by atoms with Crippen LogP contribution in [-0.4, -0.2) is 47.4 Å². The van der Waals surface area contributed by atoms with Crippen molar-refractivity contribution < 1.29 is 14.3 Å². The molecule has 0 bridgehead atoms. The number of nitrogens with zero attached hydrogens (tertiary/aromatic N) is 2. The number of aromatic nitrogens is 1. The molecular formula is C20H23N3O3S. The molecule has 0 unspecified atom stereocenters. The van der Waals surface area contributed by atoms with E-state index in [0.717, 1.165) is 35.5 Å². The van der Waals surface area contributed by atoms with Gasteiger partial charge in [-0.1, -0.05) is 6.07 Å². The summed E-state index contributed by atoms with van der Waals surface area (Å²) in [4.78, 5) is 32.7. The summed E-state index contributed by atoms with van der Waals surface area (Å²) >= 11 is 1.44. The van der Waals surface area contributed by atoms with Gasteiger partial charge in [-0.2, -0.15) is 0 Å². The molecule has 2 aliphatic heterocycles. The van der Waals surface area contributed by atoms with Gasteiger partial charge in [-0.25, -0.2) is 4.98 Å². The average molecular weight is 385 g/mol. The van der Waals surface area contributed by atoms with Gasteiger partial charge in [0, 0.05) is 18.7 Å². The monoisotopic (exact) mass is 385 g/mol. The number of hydrogen-bond acceptors (Lipinski definition) is 5. The Labute approximate surface area is 162 Å². The third-order valence-corrected chi connectivity index (χ3v) is 6.61. The number of methoxy groups -OCH3 is 1. The number of nitrogens with one attached hydrogen (secondary N) is 1. The number of thiazole rings is 1. The smallest absolute Gasteiger partial charge is 0.265 e.